The number of carbonyl (C=O) groups is 3. The SMILES string of the molecule is Cc1cc(C(=N)C(N)=O)c(NCC(=O)N2CCCC2C(=O)NC2CCCC(C(F)(F)F)C2)cn1. The third-order valence-electron chi connectivity index (χ3n) is 6.35. The van der Waals surface area contributed by atoms with E-state index in [1.54, 1.807) is 6.92 Å². The zero-order valence-corrected chi connectivity index (χ0v) is 18.9. The second-order valence-corrected chi connectivity index (χ2v) is 8.82. The highest BCUT2D eigenvalue weighted by Gasteiger charge is 2.43. The van der Waals surface area contributed by atoms with E-state index < -0.39 is 41.7 Å². The van der Waals surface area contributed by atoms with E-state index in [1.807, 2.05) is 0 Å². The van der Waals surface area contributed by atoms with E-state index in [2.05, 4.69) is 15.6 Å². The Balaban J connectivity index is 1.61. The molecular formula is C22H29F3N6O3. The lowest BCUT2D eigenvalue weighted by atomic mass is 9.85. The van der Waals surface area contributed by atoms with Crippen LogP contribution in [-0.2, 0) is 14.4 Å². The first-order chi connectivity index (χ1) is 16.0. The van der Waals surface area contributed by atoms with Gasteiger partial charge in [-0.25, -0.2) is 0 Å². The number of halogens is 3. The maximum absolute atomic E-state index is 13.1. The summed E-state index contributed by atoms with van der Waals surface area (Å²) in [7, 11) is 0. The molecule has 2 fully saturated rings. The summed E-state index contributed by atoms with van der Waals surface area (Å²) < 4.78 is 39.2. The second-order valence-electron chi connectivity index (χ2n) is 8.82. The van der Waals surface area contributed by atoms with Crippen LogP contribution in [0.5, 0.6) is 0 Å². The molecule has 2 aliphatic rings. The predicted octanol–water partition coefficient (Wildman–Crippen LogP) is 1.88. The van der Waals surface area contributed by atoms with Gasteiger partial charge in [0.15, 0.2) is 0 Å². The molecule has 3 amide bonds. The van der Waals surface area contributed by atoms with Gasteiger partial charge in [-0.15, -0.1) is 0 Å². The minimum Gasteiger partial charge on any atom is -0.374 e. The molecular weight excluding hydrogens is 453 g/mol. The molecule has 1 aliphatic heterocycles. The topological polar surface area (TPSA) is 141 Å². The molecule has 186 valence electrons. The number of alkyl halides is 3. The van der Waals surface area contributed by atoms with Crippen molar-refractivity contribution in [1.82, 2.24) is 15.2 Å². The van der Waals surface area contributed by atoms with Gasteiger partial charge in [0.05, 0.1) is 24.3 Å². The number of hydrogen-bond acceptors (Lipinski definition) is 6. The summed E-state index contributed by atoms with van der Waals surface area (Å²) in [4.78, 5) is 42.6. The Hall–Kier alpha value is -3.18. The van der Waals surface area contributed by atoms with Crippen LogP contribution in [0.15, 0.2) is 12.3 Å². The highest BCUT2D eigenvalue weighted by Crippen LogP contribution is 2.37. The van der Waals surface area contributed by atoms with Crippen molar-refractivity contribution in [3.8, 4) is 0 Å². The summed E-state index contributed by atoms with van der Waals surface area (Å²) in [5.74, 6) is -3.17. The van der Waals surface area contributed by atoms with Crippen molar-refractivity contribution in [2.75, 3.05) is 18.4 Å². The Labute approximate surface area is 195 Å². The molecule has 0 bridgehead atoms. The quantitative estimate of drug-likeness (QED) is 0.439. The molecule has 3 atom stereocenters. The number of nitrogens with two attached hydrogens (primary N) is 1. The third kappa shape index (κ3) is 6.03. The van der Waals surface area contributed by atoms with E-state index in [0.717, 1.165) is 0 Å². The van der Waals surface area contributed by atoms with Crippen molar-refractivity contribution in [2.45, 2.75) is 63.7 Å². The van der Waals surface area contributed by atoms with Gasteiger partial charge in [-0.1, -0.05) is 6.42 Å². The van der Waals surface area contributed by atoms with Crippen molar-refractivity contribution in [1.29, 1.82) is 5.41 Å². The molecule has 1 aromatic rings. The predicted molar refractivity (Wildman–Crippen MR) is 118 cm³/mol. The minimum absolute atomic E-state index is 0.0681. The standard InChI is InChI=1S/C22H29F3N6O3/c1-12-8-15(19(26)20(27)33)16(10-28-12)29-11-18(32)31-7-3-6-17(31)21(34)30-14-5-2-4-13(9-14)22(23,24)25/h8,10,13-14,17,26,29H,2-7,9,11H2,1H3,(H2,27,33)(H,30,34). The van der Waals surface area contributed by atoms with Crippen LogP contribution in [-0.4, -0.2) is 64.7 Å². The number of primary amides is 1. The number of aryl methyl sites for hydroxylation is 1. The van der Waals surface area contributed by atoms with Gasteiger partial charge in [0, 0.05) is 23.8 Å². The van der Waals surface area contributed by atoms with Crippen LogP contribution >= 0.6 is 0 Å². The zero-order chi connectivity index (χ0) is 25.0. The lowest BCUT2D eigenvalue weighted by Crippen LogP contribution is -2.51. The number of nitrogens with one attached hydrogen (secondary N) is 3. The average Bonchev–Trinajstić information content (AvgIpc) is 3.27. The third-order valence-corrected chi connectivity index (χ3v) is 6.35. The van der Waals surface area contributed by atoms with Gasteiger partial charge in [0.2, 0.25) is 11.8 Å². The molecule has 1 aliphatic carbocycles. The van der Waals surface area contributed by atoms with Gasteiger partial charge in [0.1, 0.15) is 11.8 Å². The molecule has 3 rings (SSSR count). The Morgan fingerprint density at radius 2 is 1.97 bits per heavy atom. The van der Waals surface area contributed by atoms with Crippen molar-refractivity contribution < 1.29 is 27.6 Å². The lowest BCUT2D eigenvalue weighted by molar-refractivity contribution is -0.184. The Morgan fingerprint density at radius 3 is 2.65 bits per heavy atom. The normalized spacial score (nSPS) is 22.8. The van der Waals surface area contributed by atoms with Crippen LogP contribution in [0.2, 0.25) is 0 Å². The molecule has 3 unspecified atom stereocenters. The number of hydrogen-bond donors (Lipinski definition) is 4. The number of nitrogens with zero attached hydrogens (tertiary/aromatic N) is 2. The average molecular weight is 483 g/mol. The Bertz CT molecular complexity index is 968. The Kier molecular flexibility index (Phi) is 7.78. The summed E-state index contributed by atoms with van der Waals surface area (Å²) in [5.41, 5.74) is 5.83. The van der Waals surface area contributed by atoms with Crippen LogP contribution in [0, 0.1) is 18.3 Å². The molecule has 2 heterocycles. The van der Waals surface area contributed by atoms with E-state index in [9.17, 15) is 27.6 Å². The van der Waals surface area contributed by atoms with Crippen molar-refractivity contribution in [2.24, 2.45) is 11.7 Å². The van der Waals surface area contributed by atoms with Crippen LogP contribution < -0.4 is 16.4 Å². The van der Waals surface area contributed by atoms with E-state index in [1.165, 1.54) is 17.2 Å². The molecule has 0 spiro atoms. The fourth-order valence-corrected chi connectivity index (χ4v) is 4.57. The number of pyridine rings is 1. The molecule has 0 aromatic carbocycles. The van der Waals surface area contributed by atoms with Gasteiger partial charge < -0.3 is 21.3 Å². The van der Waals surface area contributed by atoms with E-state index in [4.69, 9.17) is 11.1 Å². The van der Waals surface area contributed by atoms with Crippen molar-refractivity contribution >= 4 is 29.1 Å². The van der Waals surface area contributed by atoms with Crippen LogP contribution in [0.1, 0.15) is 49.8 Å². The zero-order valence-electron chi connectivity index (χ0n) is 18.9. The first kappa shape index (κ1) is 25.4. The van der Waals surface area contributed by atoms with Crippen molar-refractivity contribution in [3.05, 3.63) is 23.5 Å². The summed E-state index contributed by atoms with van der Waals surface area (Å²) in [5, 5.41) is 13.5. The van der Waals surface area contributed by atoms with Gasteiger partial charge >= 0.3 is 6.18 Å². The molecule has 0 radical (unpaired) electrons. The second kappa shape index (κ2) is 10.4. The highest BCUT2D eigenvalue weighted by atomic mass is 19.4. The number of likely N-dealkylation sites (tertiary alicyclic amines) is 1. The molecule has 5 N–H and O–H groups in total. The largest absolute Gasteiger partial charge is 0.391 e. The van der Waals surface area contributed by atoms with Crippen LogP contribution in [0.4, 0.5) is 18.9 Å². The van der Waals surface area contributed by atoms with E-state index in [0.29, 0.717) is 37.9 Å². The van der Waals surface area contributed by atoms with Gasteiger partial charge in [-0.3, -0.25) is 24.8 Å². The highest BCUT2D eigenvalue weighted by molar-refractivity contribution is 6.44. The van der Waals surface area contributed by atoms with E-state index >= 15 is 0 Å². The van der Waals surface area contributed by atoms with Gasteiger partial charge in [0.25, 0.3) is 5.91 Å². The van der Waals surface area contributed by atoms with Gasteiger partial charge in [-0.2, -0.15) is 13.2 Å². The molecule has 9 nitrogen and oxygen atoms in total. The first-order valence-electron chi connectivity index (χ1n) is 11.2. The molecule has 1 saturated heterocycles. The maximum atomic E-state index is 13.1. The number of carbonyl (C=O) groups excluding carboxylic acids is 3. The smallest absolute Gasteiger partial charge is 0.374 e. The van der Waals surface area contributed by atoms with Crippen LogP contribution in [0.25, 0.3) is 0 Å². The van der Waals surface area contributed by atoms with E-state index in [-0.39, 0.29) is 36.5 Å². The Morgan fingerprint density at radius 1 is 1.24 bits per heavy atom. The fourth-order valence-electron chi connectivity index (χ4n) is 4.57. The summed E-state index contributed by atoms with van der Waals surface area (Å²) in [6, 6.07) is 0.189. The molecule has 1 saturated carbocycles. The molecule has 12 heteroatoms. The van der Waals surface area contributed by atoms with Crippen LogP contribution in [0.3, 0.4) is 0 Å². The summed E-state index contributed by atoms with van der Waals surface area (Å²) >= 11 is 0. The summed E-state index contributed by atoms with van der Waals surface area (Å²) in [6.07, 6.45) is -1.07. The fraction of sp³-hybridized carbons (Fsp3) is 0.591. The maximum Gasteiger partial charge on any atom is 0.391 e. The first-order valence-corrected chi connectivity index (χ1v) is 11.2. The monoisotopic (exact) mass is 482 g/mol. The lowest BCUT2D eigenvalue weighted by Gasteiger charge is -2.32. The number of anilines is 1. The van der Waals surface area contributed by atoms with Gasteiger partial charge in [-0.05, 0) is 45.1 Å². The number of amides is 3. The minimum atomic E-state index is -4.28. The van der Waals surface area contributed by atoms with Crippen molar-refractivity contribution in [3.63, 3.8) is 0 Å². The molecule has 1 aromatic heterocycles. The molecule has 34 heavy (non-hydrogen) atoms. The number of aromatic nitrogens is 1. The number of rotatable bonds is 7. The summed E-state index contributed by atoms with van der Waals surface area (Å²) in [6.45, 7) is 1.82.